The number of urea groups is 1. The smallest absolute Gasteiger partial charge is 0.317 e. The zero-order chi connectivity index (χ0) is 15.2. The Morgan fingerprint density at radius 2 is 2.14 bits per heavy atom. The number of rotatable bonds is 7. The van der Waals surface area contributed by atoms with Crippen molar-refractivity contribution in [3.63, 3.8) is 0 Å². The van der Waals surface area contributed by atoms with Crippen LogP contribution in [0.5, 0.6) is 0 Å². The normalized spacial score (nSPS) is 13.8. The van der Waals surface area contributed by atoms with Crippen LogP contribution in [0.25, 0.3) is 0 Å². The van der Waals surface area contributed by atoms with E-state index in [0.29, 0.717) is 19.5 Å². The minimum absolute atomic E-state index is 0.0353. The van der Waals surface area contributed by atoms with E-state index in [9.17, 15) is 14.0 Å². The van der Waals surface area contributed by atoms with Crippen molar-refractivity contribution in [1.29, 1.82) is 0 Å². The predicted octanol–water partition coefficient (Wildman–Crippen LogP) is 2.36. The van der Waals surface area contributed by atoms with Crippen LogP contribution < -0.4 is 5.32 Å². The van der Waals surface area contributed by atoms with Gasteiger partial charge in [-0.15, -0.1) is 0 Å². The maximum absolute atomic E-state index is 13.2. The molecule has 0 heterocycles. The molecular weight excluding hydrogens is 275 g/mol. The van der Waals surface area contributed by atoms with E-state index in [1.165, 1.54) is 12.1 Å². The standard InChI is InChI=1S/C15H19FN2O3/c16-12-4-1-3-11(9-12)10-18(13-6-7-13)15(21)17-8-2-5-14(19)20/h1,3-4,9,13H,2,5-8,10H2,(H,17,21)(H,19,20). The summed E-state index contributed by atoms with van der Waals surface area (Å²) in [6.07, 6.45) is 2.35. The third-order valence-corrected chi connectivity index (χ3v) is 3.33. The van der Waals surface area contributed by atoms with Crippen molar-refractivity contribution in [2.24, 2.45) is 0 Å². The van der Waals surface area contributed by atoms with Gasteiger partial charge in [0.05, 0.1) is 0 Å². The molecule has 6 heteroatoms. The summed E-state index contributed by atoms with van der Waals surface area (Å²) in [7, 11) is 0. The second-order valence-electron chi connectivity index (χ2n) is 5.22. The Hall–Kier alpha value is -2.11. The fourth-order valence-electron chi connectivity index (χ4n) is 2.12. The number of hydrogen-bond donors (Lipinski definition) is 2. The summed E-state index contributed by atoms with van der Waals surface area (Å²) in [5.41, 5.74) is 0.752. The largest absolute Gasteiger partial charge is 0.481 e. The van der Waals surface area contributed by atoms with E-state index in [1.54, 1.807) is 17.0 Å². The number of carboxylic acids is 1. The highest BCUT2D eigenvalue weighted by atomic mass is 19.1. The molecule has 0 radical (unpaired) electrons. The van der Waals surface area contributed by atoms with Gasteiger partial charge in [-0.25, -0.2) is 9.18 Å². The maximum Gasteiger partial charge on any atom is 0.317 e. The molecule has 1 aliphatic carbocycles. The molecule has 0 bridgehead atoms. The first-order valence-electron chi connectivity index (χ1n) is 7.07. The van der Waals surface area contributed by atoms with Crippen LogP contribution in [0, 0.1) is 5.82 Å². The summed E-state index contributed by atoms with van der Waals surface area (Å²) in [5, 5.41) is 11.3. The Bertz CT molecular complexity index is 517. The first-order chi connectivity index (χ1) is 10.1. The molecule has 1 aromatic rings. The Morgan fingerprint density at radius 3 is 2.76 bits per heavy atom. The van der Waals surface area contributed by atoms with Gasteiger partial charge in [-0.1, -0.05) is 12.1 Å². The second-order valence-corrected chi connectivity index (χ2v) is 5.22. The molecule has 0 aliphatic heterocycles. The molecule has 5 nitrogen and oxygen atoms in total. The molecule has 2 amide bonds. The minimum atomic E-state index is -0.872. The summed E-state index contributed by atoms with van der Waals surface area (Å²) >= 11 is 0. The molecule has 2 N–H and O–H groups in total. The Labute approximate surface area is 122 Å². The lowest BCUT2D eigenvalue weighted by Crippen LogP contribution is -2.41. The summed E-state index contributed by atoms with van der Waals surface area (Å²) in [6, 6.07) is 6.20. The van der Waals surface area contributed by atoms with Crippen LogP contribution in [0.3, 0.4) is 0 Å². The first-order valence-corrected chi connectivity index (χ1v) is 7.07. The van der Waals surface area contributed by atoms with Gasteiger partial charge < -0.3 is 15.3 Å². The van der Waals surface area contributed by atoms with Gasteiger partial charge in [-0.3, -0.25) is 4.79 Å². The number of amides is 2. The van der Waals surface area contributed by atoms with Crippen LogP contribution in [-0.4, -0.2) is 34.6 Å². The number of nitrogens with zero attached hydrogens (tertiary/aromatic N) is 1. The van der Waals surface area contributed by atoms with Crippen LogP contribution >= 0.6 is 0 Å². The molecule has 0 unspecified atom stereocenters. The lowest BCUT2D eigenvalue weighted by Gasteiger charge is -2.23. The van der Waals surface area contributed by atoms with E-state index in [4.69, 9.17) is 5.11 Å². The van der Waals surface area contributed by atoms with E-state index in [-0.39, 0.29) is 24.3 Å². The molecule has 0 aromatic heterocycles. The molecule has 21 heavy (non-hydrogen) atoms. The number of hydrogen-bond acceptors (Lipinski definition) is 2. The Kier molecular flexibility index (Phi) is 5.14. The molecule has 0 spiro atoms. The maximum atomic E-state index is 13.2. The van der Waals surface area contributed by atoms with Crippen LogP contribution in [0.2, 0.25) is 0 Å². The number of carbonyl (C=O) groups excluding carboxylic acids is 1. The molecule has 1 saturated carbocycles. The van der Waals surface area contributed by atoms with Crippen molar-refractivity contribution in [3.8, 4) is 0 Å². The highest BCUT2D eigenvalue weighted by molar-refractivity contribution is 5.75. The monoisotopic (exact) mass is 294 g/mol. The fourth-order valence-corrected chi connectivity index (χ4v) is 2.12. The zero-order valence-corrected chi connectivity index (χ0v) is 11.7. The highest BCUT2D eigenvalue weighted by Crippen LogP contribution is 2.28. The van der Waals surface area contributed by atoms with Crippen LogP contribution in [0.1, 0.15) is 31.2 Å². The van der Waals surface area contributed by atoms with Crippen molar-refractivity contribution in [1.82, 2.24) is 10.2 Å². The third kappa shape index (κ3) is 5.06. The summed E-state index contributed by atoms with van der Waals surface area (Å²) < 4.78 is 13.2. The SMILES string of the molecule is O=C(O)CCCNC(=O)N(Cc1cccc(F)c1)C1CC1. The summed E-state index contributed by atoms with van der Waals surface area (Å²) in [6.45, 7) is 0.699. The van der Waals surface area contributed by atoms with Crippen molar-refractivity contribution >= 4 is 12.0 Å². The van der Waals surface area contributed by atoms with Crippen LogP contribution in [0.4, 0.5) is 9.18 Å². The van der Waals surface area contributed by atoms with Crippen molar-refractivity contribution in [2.45, 2.75) is 38.3 Å². The summed E-state index contributed by atoms with van der Waals surface area (Å²) in [5.74, 6) is -1.19. The lowest BCUT2D eigenvalue weighted by atomic mass is 10.2. The minimum Gasteiger partial charge on any atom is -0.481 e. The lowest BCUT2D eigenvalue weighted by molar-refractivity contribution is -0.137. The molecule has 1 fully saturated rings. The van der Waals surface area contributed by atoms with Gasteiger partial charge in [-0.2, -0.15) is 0 Å². The van der Waals surface area contributed by atoms with Gasteiger partial charge >= 0.3 is 12.0 Å². The number of carbonyl (C=O) groups is 2. The van der Waals surface area contributed by atoms with Gasteiger partial charge in [-0.05, 0) is 37.0 Å². The number of benzene rings is 1. The van der Waals surface area contributed by atoms with Crippen molar-refractivity contribution < 1.29 is 19.1 Å². The Morgan fingerprint density at radius 1 is 1.38 bits per heavy atom. The average Bonchev–Trinajstić information content (AvgIpc) is 3.25. The molecule has 1 aromatic carbocycles. The number of aliphatic carboxylic acids is 1. The third-order valence-electron chi connectivity index (χ3n) is 3.33. The van der Waals surface area contributed by atoms with Crippen LogP contribution in [-0.2, 0) is 11.3 Å². The van der Waals surface area contributed by atoms with Gasteiger partial charge in [0.15, 0.2) is 0 Å². The molecule has 2 rings (SSSR count). The topological polar surface area (TPSA) is 69.6 Å². The highest BCUT2D eigenvalue weighted by Gasteiger charge is 2.32. The fraction of sp³-hybridized carbons (Fsp3) is 0.467. The van der Waals surface area contributed by atoms with Crippen LogP contribution in [0.15, 0.2) is 24.3 Å². The number of carboxylic acid groups (broad SMARTS) is 1. The molecular formula is C15H19FN2O3. The summed E-state index contributed by atoms with van der Waals surface area (Å²) in [4.78, 5) is 24.2. The number of nitrogens with one attached hydrogen (secondary N) is 1. The first kappa shape index (κ1) is 15.3. The van der Waals surface area contributed by atoms with E-state index in [1.807, 2.05) is 0 Å². The quantitative estimate of drug-likeness (QED) is 0.758. The van der Waals surface area contributed by atoms with Crippen molar-refractivity contribution in [3.05, 3.63) is 35.6 Å². The van der Waals surface area contributed by atoms with Gasteiger partial charge in [0, 0.05) is 25.6 Å². The van der Waals surface area contributed by atoms with E-state index in [2.05, 4.69) is 5.32 Å². The molecule has 0 atom stereocenters. The average molecular weight is 294 g/mol. The molecule has 1 aliphatic rings. The van der Waals surface area contributed by atoms with E-state index >= 15 is 0 Å². The number of halogens is 1. The molecule has 114 valence electrons. The van der Waals surface area contributed by atoms with Gasteiger partial charge in [0.25, 0.3) is 0 Å². The Balaban J connectivity index is 1.86. The van der Waals surface area contributed by atoms with Gasteiger partial charge in [0.2, 0.25) is 0 Å². The van der Waals surface area contributed by atoms with Gasteiger partial charge in [0.1, 0.15) is 5.82 Å². The second kappa shape index (κ2) is 7.06. The predicted molar refractivity (Wildman–Crippen MR) is 75.2 cm³/mol. The van der Waals surface area contributed by atoms with E-state index < -0.39 is 5.97 Å². The van der Waals surface area contributed by atoms with E-state index in [0.717, 1.165) is 18.4 Å². The zero-order valence-electron chi connectivity index (χ0n) is 11.7. The molecule has 0 saturated heterocycles. The van der Waals surface area contributed by atoms with Crippen molar-refractivity contribution in [2.75, 3.05) is 6.54 Å².